The molecule has 2 rings (SSSR count). The van der Waals surface area contributed by atoms with Gasteiger partial charge in [-0.2, -0.15) is 0 Å². The van der Waals surface area contributed by atoms with Crippen molar-refractivity contribution >= 4 is 11.9 Å². The van der Waals surface area contributed by atoms with Gasteiger partial charge in [0.25, 0.3) is 0 Å². The van der Waals surface area contributed by atoms with E-state index in [2.05, 4.69) is 13.8 Å². The number of carboxylic acid groups (broad SMARTS) is 1. The van der Waals surface area contributed by atoms with E-state index in [0.717, 1.165) is 19.3 Å². The van der Waals surface area contributed by atoms with Crippen molar-refractivity contribution in [2.24, 2.45) is 22.7 Å². The molecule has 0 aromatic rings. The van der Waals surface area contributed by atoms with Crippen molar-refractivity contribution in [3.8, 4) is 0 Å². The summed E-state index contributed by atoms with van der Waals surface area (Å²) in [6, 6.07) is 0. The first-order chi connectivity index (χ1) is 9.68. The first kappa shape index (κ1) is 16.3. The average Bonchev–Trinajstić information content (AvgIpc) is 2.83. The molecule has 2 fully saturated rings. The van der Waals surface area contributed by atoms with Crippen LogP contribution in [-0.4, -0.2) is 35.0 Å². The summed E-state index contributed by atoms with van der Waals surface area (Å²) < 4.78 is 0. The number of nitrogens with zero attached hydrogens (tertiary/aromatic N) is 1. The Balaban J connectivity index is 2.07. The van der Waals surface area contributed by atoms with Crippen LogP contribution in [0.15, 0.2) is 0 Å². The molecule has 0 aromatic heterocycles. The molecule has 1 amide bonds. The number of hydrogen-bond acceptors (Lipinski definition) is 2. The normalized spacial score (nSPS) is 32.4. The van der Waals surface area contributed by atoms with Gasteiger partial charge in [-0.05, 0) is 37.0 Å². The van der Waals surface area contributed by atoms with Crippen LogP contribution >= 0.6 is 0 Å². The Kier molecular flexibility index (Phi) is 4.36. The van der Waals surface area contributed by atoms with Crippen molar-refractivity contribution in [2.75, 3.05) is 13.1 Å². The van der Waals surface area contributed by atoms with Crippen molar-refractivity contribution in [1.29, 1.82) is 0 Å². The topological polar surface area (TPSA) is 57.6 Å². The molecule has 0 bridgehead atoms. The van der Waals surface area contributed by atoms with E-state index < -0.39 is 11.4 Å². The number of carbonyl (C=O) groups is 2. The molecule has 2 atom stereocenters. The summed E-state index contributed by atoms with van der Waals surface area (Å²) in [5.74, 6) is -0.426. The minimum absolute atomic E-state index is 0.0515. The Morgan fingerprint density at radius 2 is 1.90 bits per heavy atom. The van der Waals surface area contributed by atoms with E-state index in [-0.39, 0.29) is 23.2 Å². The van der Waals surface area contributed by atoms with Crippen LogP contribution < -0.4 is 0 Å². The highest BCUT2D eigenvalue weighted by Gasteiger charge is 2.49. The predicted octanol–water partition coefficient (Wildman–Crippen LogP) is 3.16. The summed E-state index contributed by atoms with van der Waals surface area (Å²) in [7, 11) is 0. The number of hydrogen-bond donors (Lipinski definition) is 1. The highest BCUT2D eigenvalue weighted by atomic mass is 16.4. The SMILES string of the molecule is CC(C)C1(C(=O)O)CCN(C(=O)C2CCCC(C)(C)C2)C1. The lowest BCUT2D eigenvalue weighted by molar-refractivity contribution is -0.151. The number of carbonyl (C=O) groups excluding carboxylic acids is 1. The third-order valence-electron chi connectivity index (χ3n) is 5.70. The lowest BCUT2D eigenvalue weighted by atomic mass is 9.72. The molecule has 1 N–H and O–H groups in total. The van der Waals surface area contributed by atoms with Gasteiger partial charge >= 0.3 is 5.97 Å². The maximum atomic E-state index is 12.8. The molecule has 1 saturated heterocycles. The summed E-state index contributed by atoms with van der Waals surface area (Å²) in [4.78, 5) is 26.2. The molecular weight excluding hydrogens is 266 g/mol. The minimum Gasteiger partial charge on any atom is -0.481 e. The van der Waals surface area contributed by atoms with Crippen LogP contribution in [0, 0.1) is 22.7 Å². The second-order valence-electron chi connectivity index (χ2n) is 8.08. The highest BCUT2D eigenvalue weighted by molar-refractivity contribution is 5.82. The molecule has 120 valence electrons. The first-order valence-corrected chi connectivity index (χ1v) is 8.20. The van der Waals surface area contributed by atoms with Crippen LogP contribution in [0.3, 0.4) is 0 Å². The van der Waals surface area contributed by atoms with Crippen LogP contribution in [0.2, 0.25) is 0 Å². The van der Waals surface area contributed by atoms with Crippen LogP contribution in [0.5, 0.6) is 0 Å². The molecule has 2 aliphatic rings. The van der Waals surface area contributed by atoms with Crippen molar-refractivity contribution in [3.63, 3.8) is 0 Å². The van der Waals surface area contributed by atoms with Crippen LogP contribution in [0.4, 0.5) is 0 Å². The summed E-state index contributed by atoms with van der Waals surface area (Å²) in [6.07, 6.45) is 4.76. The molecule has 1 saturated carbocycles. The summed E-state index contributed by atoms with van der Waals surface area (Å²) in [5.41, 5.74) is -0.514. The van der Waals surface area contributed by atoms with Gasteiger partial charge in [0.15, 0.2) is 0 Å². The Morgan fingerprint density at radius 3 is 2.38 bits per heavy atom. The van der Waals surface area contributed by atoms with Gasteiger partial charge in [-0.3, -0.25) is 9.59 Å². The van der Waals surface area contributed by atoms with E-state index in [1.54, 1.807) is 0 Å². The molecule has 0 radical (unpaired) electrons. The van der Waals surface area contributed by atoms with E-state index >= 15 is 0 Å². The average molecular weight is 295 g/mol. The lowest BCUT2D eigenvalue weighted by Gasteiger charge is -2.36. The highest BCUT2D eigenvalue weighted by Crippen LogP contribution is 2.42. The summed E-state index contributed by atoms with van der Waals surface area (Å²) >= 11 is 0. The molecule has 0 aromatic carbocycles. The Hall–Kier alpha value is -1.06. The van der Waals surface area contributed by atoms with Gasteiger partial charge in [-0.1, -0.05) is 34.1 Å². The zero-order chi connectivity index (χ0) is 15.8. The standard InChI is InChI=1S/C17H29NO3/c1-12(2)17(15(20)21)8-9-18(11-17)14(19)13-6-5-7-16(3,4)10-13/h12-13H,5-11H2,1-4H3,(H,20,21). The minimum atomic E-state index is -0.753. The first-order valence-electron chi connectivity index (χ1n) is 8.20. The van der Waals surface area contributed by atoms with E-state index in [1.807, 2.05) is 18.7 Å². The van der Waals surface area contributed by atoms with Crippen molar-refractivity contribution in [2.45, 2.75) is 59.8 Å². The predicted molar refractivity (Wildman–Crippen MR) is 81.8 cm³/mol. The van der Waals surface area contributed by atoms with Gasteiger partial charge in [-0.15, -0.1) is 0 Å². The number of likely N-dealkylation sites (tertiary alicyclic amines) is 1. The Morgan fingerprint density at radius 1 is 1.24 bits per heavy atom. The maximum Gasteiger partial charge on any atom is 0.311 e. The number of amides is 1. The van der Waals surface area contributed by atoms with Gasteiger partial charge in [0.05, 0.1) is 5.41 Å². The van der Waals surface area contributed by atoms with E-state index in [4.69, 9.17) is 0 Å². The monoisotopic (exact) mass is 295 g/mol. The third-order valence-corrected chi connectivity index (χ3v) is 5.70. The van der Waals surface area contributed by atoms with Crippen molar-refractivity contribution in [3.05, 3.63) is 0 Å². The Bertz CT molecular complexity index is 430. The van der Waals surface area contributed by atoms with Gasteiger partial charge < -0.3 is 10.0 Å². The van der Waals surface area contributed by atoms with Crippen LogP contribution in [-0.2, 0) is 9.59 Å². The van der Waals surface area contributed by atoms with E-state index in [0.29, 0.717) is 19.5 Å². The van der Waals surface area contributed by atoms with Crippen LogP contribution in [0.25, 0.3) is 0 Å². The number of carboxylic acids is 1. The van der Waals surface area contributed by atoms with Gasteiger partial charge in [0, 0.05) is 19.0 Å². The summed E-state index contributed by atoms with van der Waals surface area (Å²) in [6.45, 7) is 9.34. The van der Waals surface area contributed by atoms with Crippen LogP contribution in [0.1, 0.15) is 59.8 Å². The zero-order valence-electron chi connectivity index (χ0n) is 13.8. The lowest BCUT2D eigenvalue weighted by Crippen LogP contribution is -2.43. The second-order valence-corrected chi connectivity index (χ2v) is 8.08. The zero-order valence-corrected chi connectivity index (χ0v) is 13.8. The molecule has 4 heteroatoms. The fraction of sp³-hybridized carbons (Fsp3) is 0.882. The largest absolute Gasteiger partial charge is 0.481 e. The number of rotatable bonds is 3. The molecule has 2 unspecified atom stereocenters. The maximum absolute atomic E-state index is 12.8. The quantitative estimate of drug-likeness (QED) is 0.870. The second kappa shape index (κ2) is 5.62. The molecule has 1 aliphatic carbocycles. The molecular formula is C17H29NO3. The molecule has 1 aliphatic heterocycles. The van der Waals surface area contributed by atoms with Crippen molar-refractivity contribution in [1.82, 2.24) is 4.90 Å². The van der Waals surface area contributed by atoms with Gasteiger partial charge in [0.2, 0.25) is 5.91 Å². The molecule has 1 heterocycles. The molecule has 21 heavy (non-hydrogen) atoms. The number of aliphatic carboxylic acids is 1. The molecule has 4 nitrogen and oxygen atoms in total. The van der Waals surface area contributed by atoms with E-state index in [9.17, 15) is 14.7 Å². The molecule has 0 spiro atoms. The smallest absolute Gasteiger partial charge is 0.311 e. The third kappa shape index (κ3) is 3.09. The summed E-state index contributed by atoms with van der Waals surface area (Å²) in [5, 5.41) is 9.59. The van der Waals surface area contributed by atoms with Gasteiger partial charge in [0.1, 0.15) is 0 Å². The fourth-order valence-electron chi connectivity index (χ4n) is 4.08. The van der Waals surface area contributed by atoms with Crippen molar-refractivity contribution < 1.29 is 14.7 Å². The van der Waals surface area contributed by atoms with E-state index in [1.165, 1.54) is 6.42 Å². The Labute approximate surface area is 127 Å². The fourth-order valence-corrected chi connectivity index (χ4v) is 4.08. The van der Waals surface area contributed by atoms with Gasteiger partial charge in [-0.25, -0.2) is 0 Å².